The summed E-state index contributed by atoms with van der Waals surface area (Å²) in [5, 5.41) is 8.46. The van der Waals surface area contributed by atoms with Crippen molar-refractivity contribution in [3.8, 4) is 0 Å². The predicted molar refractivity (Wildman–Crippen MR) is 74.5 cm³/mol. The van der Waals surface area contributed by atoms with Crippen LogP contribution in [0.2, 0.25) is 0 Å². The summed E-state index contributed by atoms with van der Waals surface area (Å²) in [5.74, 6) is -0.657. The first-order valence-electron chi connectivity index (χ1n) is 6.99. The van der Waals surface area contributed by atoms with Crippen LogP contribution < -0.4 is 0 Å². The van der Waals surface area contributed by atoms with E-state index in [0.29, 0.717) is 6.42 Å². The third-order valence-corrected chi connectivity index (χ3v) is 2.99. The molecule has 0 bridgehead atoms. The molecule has 0 saturated heterocycles. The van der Waals surface area contributed by atoms with Crippen molar-refractivity contribution in [1.82, 2.24) is 0 Å². The standard InChI is InChI=1S/C14H28O2.Bi/c1-2-3-4-5-6-7-8-9-10-11-12-13-14(15)16;/h2-13H2,1H3,(H,15,16);. The van der Waals surface area contributed by atoms with Crippen molar-refractivity contribution in [3.63, 3.8) is 0 Å². The minimum atomic E-state index is -0.657. The summed E-state index contributed by atoms with van der Waals surface area (Å²) in [6.45, 7) is 2.25. The Morgan fingerprint density at radius 3 is 1.47 bits per heavy atom. The fourth-order valence-electron chi connectivity index (χ4n) is 1.94. The van der Waals surface area contributed by atoms with Gasteiger partial charge in [-0.15, -0.1) is 0 Å². The Morgan fingerprint density at radius 1 is 0.765 bits per heavy atom. The summed E-state index contributed by atoms with van der Waals surface area (Å²) in [6.07, 6.45) is 14.4. The zero-order valence-electron chi connectivity index (χ0n) is 11.3. The van der Waals surface area contributed by atoms with E-state index >= 15 is 0 Å². The molecule has 0 aromatic rings. The van der Waals surface area contributed by atoms with E-state index in [4.69, 9.17) is 5.11 Å². The number of carboxylic acid groups (broad SMARTS) is 1. The second kappa shape index (κ2) is 16.4. The minimum Gasteiger partial charge on any atom is -0.481 e. The van der Waals surface area contributed by atoms with Crippen molar-refractivity contribution >= 4 is 32.2 Å². The molecule has 17 heavy (non-hydrogen) atoms. The molecule has 1 N–H and O–H groups in total. The van der Waals surface area contributed by atoms with Crippen LogP contribution in [0.25, 0.3) is 0 Å². The van der Waals surface area contributed by atoms with Gasteiger partial charge in [0.05, 0.1) is 0 Å². The predicted octanol–water partition coefficient (Wildman–Crippen LogP) is 4.39. The fraction of sp³-hybridized carbons (Fsp3) is 0.929. The van der Waals surface area contributed by atoms with Crippen molar-refractivity contribution < 1.29 is 9.90 Å². The largest absolute Gasteiger partial charge is 0.481 e. The van der Waals surface area contributed by atoms with Gasteiger partial charge in [0.1, 0.15) is 0 Å². The van der Waals surface area contributed by atoms with Gasteiger partial charge in [0.15, 0.2) is 0 Å². The molecule has 0 saturated carbocycles. The minimum absolute atomic E-state index is 0. The van der Waals surface area contributed by atoms with E-state index in [0.717, 1.165) is 12.8 Å². The average Bonchev–Trinajstić information content (AvgIpc) is 2.25. The molecule has 0 aliphatic carbocycles. The molecule has 0 fully saturated rings. The molecule has 0 amide bonds. The van der Waals surface area contributed by atoms with Gasteiger partial charge in [0.25, 0.3) is 0 Å². The molecule has 0 atom stereocenters. The molecule has 3 heteroatoms. The molecule has 101 valence electrons. The maximum absolute atomic E-state index is 10.3. The summed E-state index contributed by atoms with van der Waals surface area (Å²) in [5.41, 5.74) is 0. The normalized spacial score (nSPS) is 9.94. The SMILES string of the molecule is CCCCCCCCCCCCCC(=O)O.[Bi]. The first-order valence-corrected chi connectivity index (χ1v) is 6.99. The molecule has 3 radical (unpaired) electrons. The van der Waals surface area contributed by atoms with Gasteiger partial charge < -0.3 is 5.11 Å². The van der Waals surface area contributed by atoms with E-state index in [9.17, 15) is 4.79 Å². The summed E-state index contributed by atoms with van der Waals surface area (Å²) in [6, 6.07) is 0. The molecular weight excluding hydrogens is 409 g/mol. The van der Waals surface area contributed by atoms with Crippen LogP contribution in [0.5, 0.6) is 0 Å². The van der Waals surface area contributed by atoms with E-state index in [-0.39, 0.29) is 26.2 Å². The van der Waals surface area contributed by atoms with E-state index < -0.39 is 5.97 Å². The van der Waals surface area contributed by atoms with Crippen molar-refractivity contribution in [3.05, 3.63) is 0 Å². The van der Waals surface area contributed by atoms with Crippen molar-refractivity contribution in [2.45, 2.75) is 84.0 Å². The van der Waals surface area contributed by atoms with E-state index in [2.05, 4.69) is 6.92 Å². The molecule has 0 rings (SSSR count). The second-order valence-corrected chi connectivity index (χ2v) is 4.68. The topological polar surface area (TPSA) is 37.3 Å². The zero-order chi connectivity index (χ0) is 12.1. The van der Waals surface area contributed by atoms with Gasteiger partial charge in [-0.1, -0.05) is 71.1 Å². The summed E-state index contributed by atoms with van der Waals surface area (Å²) in [7, 11) is 0. The second-order valence-electron chi connectivity index (χ2n) is 4.68. The molecule has 0 aliphatic heterocycles. The first-order chi connectivity index (χ1) is 7.77. The molecule has 0 aliphatic rings. The maximum atomic E-state index is 10.3. The van der Waals surface area contributed by atoms with E-state index in [1.165, 1.54) is 57.8 Å². The Bertz CT molecular complexity index is 160. The summed E-state index contributed by atoms with van der Waals surface area (Å²) in [4.78, 5) is 10.3. The Kier molecular flexibility index (Phi) is 18.9. The van der Waals surface area contributed by atoms with Crippen LogP contribution in [0.15, 0.2) is 0 Å². The molecule has 0 spiro atoms. The van der Waals surface area contributed by atoms with Gasteiger partial charge in [-0.05, 0) is 6.42 Å². The number of carboxylic acids is 1. The van der Waals surface area contributed by atoms with Gasteiger partial charge >= 0.3 is 5.97 Å². The number of hydrogen-bond donors (Lipinski definition) is 1. The molecule has 0 aromatic carbocycles. The molecular formula is C14H28BiO2. The molecule has 0 unspecified atom stereocenters. The number of hydrogen-bond acceptors (Lipinski definition) is 1. The van der Waals surface area contributed by atoms with Crippen LogP contribution >= 0.6 is 0 Å². The summed E-state index contributed by atoms with van der Waals surface area (Å²) >= 11 is 0. The number of aliphatic carboxylic acids is 1. The van der Waals surface area contributed by atoms with E-state index in [1.807, 2.05) is 0 Å². The van der Waals surface area contributed by atoms with Crippen LogP contribution in [0.1, 0.15) is 84.0 Å². The Balaban J connectivity index is 0. The van der Waals surface area contributed by atoms with Crippen LogP contribution in [-0.2, 0) is 4.79 Å². The first kappa shape index (κ1) is 19.7. The fourth-order valence-corrected chi connectivity index (χ4v) is 1.94. The van der Waals surface area contributed by atoms with Crippen LogP contribution in [-0.4, -0.2) is 37.3 Å². The number of rotatable bonds is 12. The zero-order valence-corrected chi connectivity index (χ0v) is 14.8. The van der Waals surface area contributed by atoms with Crippen molar-refractivity contribution in [2.24, 2.45) is 0 Å². The van der Waals surface area contributed by atoms with Gasteiger partial charge in [-0.3, -0.25) is 4.79 Å². The molecule has 0 heterocycles. The number of carbonyl (C=O) groups is 1. The Morgan fingerprint density at radius 2 is 1.12 bits per heavy atom. The van der Waals surface area contributed by atoms with Crippen LogP contribution in [0, 0.1) is 0 Å². The molecule has 0 aromatic heterocycles. The van der Waals surface area contributed by atoms with Crippen LogP contribution in [0.3, 0.4) is 0 Å². The summed E-state index contributed by atoms with van der Waals surface area (Å²) < 4.78 is 0. The van der Waals surface area contributed by atoms with E-state index in [1.54, 1.807) is 0 Å². The van der Waals surface area contributed by atoms with Gasteiger partial charge in [0, 0.05) is 32.6 Å². The smallest absolute Gasteiger partial charge is 0.303 e. The average molecular weight is 437 g/mol. The Labute approximate surface area is 126 Å². The monoisotopic (exact) mass is 437 g/mol. The van der Waals surface area contributed by atoms with Crippen LogP contribution in [0.4, 0.5) is 0 Å². The maximum Gasteiger partial charge on any atom is 0.303 e. The quantitative estimate of drug-likeness (QED) is 0.363. The third kappa shape index (κ3) is 18.9. The van der Waals surface area contributed by atoms with Gasteiger partial charge in [-0.25, -0.2) is 0 Å². The van der Waals surface area contributed by atoms with Crippen molar-refractivity contribution in [1.29, 1.82) is 0 Å². The Hall–Kier alpha value is 0.353. The molecule has 2 nitrogen and oxygen atoms in total. The third-order valence-electron chi connectivity index (χ3n) is 2.99. The van der Waals surface area contributed by atoms with Crippen molar-refractivity contribution in [2.75, 3.05) is 0 Å². The van der Waals surface area contributed by atoms with Gasteiger partial charge in [-0.2, -0.15) is 0 Å². The van der Waals surface area contributed by atoms with Gasteiger partial charge in [0.2, 0.25) is 0 Å². The number of unbranched alkanes of at least 4 members (excludes halogenated alkanes) is 10.